The van der Waals surface area contributed by atoms with Gasteiger partial charge in [-0.15, -0.1) is 0 Å². The van der Waals surface area contributed by atoms with Gasteiger partial charge in [-0.05, 0) is 12.1 Å². The zero-order chi connectivity index (χ0) is 24.5. The molecule has 14 nitrogen and oxygen atoms in total. The molecule has 35 heavy (non-hydrogen) atoms. The molecule has 0 bridgehead atoms. The lowest BCUT2D eigenvalue weighted by Gasteiger charge is -2.28. The van der Waals surface area contributed by atoms with E-state index in [1.54, 1.807) is 17.0 Å². The third-order valence-corrected chi connectivity index (χ3v) is 5.12. The number of esters is 1. The van der Waals surface area contributed by atoms with Crippen molar-refractivity contribution in [2.45, 2.75) is 0 Å². The number of nitrogen functional groups attached to an aromatic ring is 2. The minimum Gasteiger partial charge on any atom is -0.491 e. The van der Waals surface area contributed by atoms with E-state index >= 15 is 0 Å². The van der Waals surface area contributed by atoms with Crippen LogP contribution in [0, 0.1) is 0 Å². The minimum absolute atomic E-state index is 0.0317. The molecular formula is C21H18N10O4. The Balaban J connectivity index is 1.50. The molecule has 2 aromatic heterocycles. The second-order valence-electron chi connectivity index (χ2n) is 7.29. The number of benzene rings is 1. The monoisotopic (exact) mass is 474 g/mol. The second kappa shape index (κ2) is 8.66. The van der Waals surface area contributed by atoms with Crippen LogP contribution >= 0.6 is 0 Å². The molecule has 0 saturated heterocycles. The number of hydrogen-bond donors (Lipinski definition) is 3. The lowest BCUT2D eigenvalue weighted by Crippen LogP contribution is -2.47. The van der Waals surface area contributed by atoms with E-state index < -0.39 is 11.9 Å². The maximum absolute atomic E-state index is 12.8. The first kappa shape index (κ1) is 21.7. The van der Waals surface area contributed by atoms with Gasteiger partial charge in [-0.2, -0.15) is 0 Å². The summed E-state index contributed by atoms with van der Waals surface area (Å²) in [6, 6.07) is 3.30. The molecule has 0 atom stereocenters. The lowest BCUT2D eigenvalue weighted by molar-refractivity contribution is 0.0729. The summed E-state index contributed by atoms with van der Waals surface area (Å²) in [5.41, 5.74) is 12.3. The summed E-state index contributed by atoms with van der Waals surface area (Å²) in [6.45, 7) is 1.02. The van der Waals surface area contributed by atoms with E-state index in [0.29, 0.717) is 30.2 Å². The average Bonchev–Trinajstić information content (AvgIpc) is 3.35. The van der Waals surface area contributed by atoms with Crippen LogP contribution in [0.4, 0.5) is 17.6 Å². The number of nitrogens with one attached hydrogen (secondary N) is 1. The fourth-order valence-electron chi connectivity index (χ4n) is 3.50. The Morgan fingerprint density at radius 2 is 1.66 bits per heavy atom. The van der Waals surface area contributed by atoms with Crippen LogP contribution in [0.5, 0.6) is 11.5 Å². The van der Waals surface area contributed by atoms with Crippen molar-refractivity contribution in [3.63, 3.8) is 0 Å². The van der Waals surface area contributed by atoms with Crippen LogP contribution in [0.15, 0.2) is 46.9 Å². The number of aliphatic imine (C=N–C) groups is 2. The van der Waals surface area contributed by atoms with Crippen molar-refractivity contribution in [2.75, 3.05) is 31.7 Å². The fourth-order valence-corrected chi connectivity index (χ4v) is 3.50. The van der Waals surface area contributed by atoms with E-state index in [4.69, 9.17) is 20.9 Å². The number of fused-ring (bicyclic) bond motifs is 3. The highest BCUT2D eigenvalue weighted by molar-refractivity contribution is 6.20. The van der Waals surface area contributed by atoms with Gasteiger partial charge in [-0.3, -0.25) is 20.0 Å². The van der Waals surface area contributed by atoms with Gasteiger partial charge in [0.2, 0.25) is 17.9 Å². The number of ether oxygens (including phenoxy) is 2. The van der Waals surface area contributed by atoms with Crippen LogP contribution in [-0.2, 0) is 0 Å². The molecule has 0 unspecified atom stereocenters. The molecule has 0 spiro atoms. The summed E-state index contributed by atoms with van der Waals surface area (Å²) < 4.78 is 11.1. The number of carbonyl (C=O) groups excluding carboxylic acids is 2. The van der Waals surface area contributed by atoms with Gasteiger partial charge < -0.3 is 20.9 Å². The summed E-state index contributed by atoms with van der Waals surface area (Å²) in [4.78, 5) is 51.5. The molecule has 5 N–H and O–H groups in total. The van der Waals surface area contributed by atoms with E-state index in [1.165, 1.54) is 31.9 Å². The lowest BCUT2D eigenvalue weighted by atomic mass is 10.1. The van der Waals surface area contributed by atoms with Crippen molar-refractivity contribution in [1.29, 1.82) is 0 Å². The summed E-state index contributed by atoms with van der Waals surface area (Å²) >= 11 is 0. The number of guanidine groups is 1. The smallest absolute Gasteiger partial charge is 0.346 e. The highest BCUT2D eigenvalue weighted by Crippen LogP contribution is 2.43. The van der Waals surface area contributed by atoms with Crippen LogP contribution in [0.2, 0.25) is 0 Å². The highest BCUT2D eigenvalue weighted by Gasteiger charge is 2.33. The van der Waals surface area contributed by atoms with E-state index in [1.807, 2.05) is 0 Å². The van der Waals surface area contributed by atoms with Crippen LogP contribution < -0.4 is 26.3 Å². The number of anilines is 2. The maximum Gasteiger partial charge on any atom is 0.346 e. The fraction of sp³-hybridized carbons (Fsp3) is 0.143. The normalized spacial score (nSPS) is 13.8. The molecule has 176 valence electrons. The first-order valence-corrected chi connectivity index (χ1v) is 10.2. The molecule has 14 heteroatoms. The molecule has 0 radical (unpaired) electrons. The summed E-state index contributed by atoms with van der Waals surface area (Å²) in [5, 5.41) is 2.75. The first-order valence-electron chi connectivity index (χ1n) is 10.2. The number of hydrogen-bond acceptors (Lipinski definition) is 13. The minimum atomic E-state index is -0.709. The third-order valence-electron chi connectivity index (χ3n) is 5.12. The van der Waals surface area contributed by atoms with Crippen molar-refractivity contribution in [1.82, 2.24) is 30.2 Å². The molecule has 2 aliphatic rings. The zero-order valence-electron chi connectivity index (χ0n) is 18.3. The standard InChI is InChI=1S/C21H18N10O4/c1-34-15-13(35-18(33)11-8-27-20(23)28-9-11)3-2-12-14(15)29-21(31-5-4-24-16(12)31)30-17(32)10-6-25-19(22)26-7-10/h2-3,6-9H,4-5H2,1H3,(H2,22,25,26)(H2,23,27,28)(H,29,30,32). The van der Waals surface area contributed by atoms with Gasteiger partial charge in [-0.1, -0.05) is 0 Å². The van der Waals surface area contributed by atoms with Gasteiger partial charge in [0.15, 0.2) is 11.5 Å². The Bertz CT molecular complexity index is 1390. The van der Waals surface area contributed by atoms with E-state index in [-0.39, 0.29) is 40.5 Å². The highest BCUT2D eigenvalue weighted by atomic mass is 16.6. The van der Waals surface area contributed by atoms with Crippen molar-refractivity contribution < 1.29 is 19.1 Å². The van der Waals surface area contributed by atoms with Crippen LogP contribution in [-0.4, -0.2) is 68.7 Å². The van der Waals surface area contributed by atoms with Crippen LogP contribution in [0.1, 0.15) is 26.3 Å². The van der Waals surface area contributed by atoms with Crippen molar-refractivity contribution >= 4 is 41.3 Å². The molecule has 0 saturated carbocycles. The van der Waals surface area contributed by atoms with Crippen molar-refractivity contribution in [3.05, 3.63) is 53.6 Å². The SMILES string of the molecule is COc1c(OC(=O)c2cnc(N)nc2)ccc2c1N=C(NC(=O)c1cnc(N)nc1)N1CCN=C21. The summed E-state index contributed by atoms with van der Waals surface area (Å²) in [5.74, 6) is 0.0147. The molecule has 0 aliphatic carbocycles. The van der Waals surface area contributed by atoms with Crippen molar-refractivity contribution in [3.8, 4) is 11.5 Å². The van der Waals surface area contributed by atoms with Gasteiger partial charge in [0, 0.05) is 36.9 Å². The first-order chi connectivity index (χ1) is 16.9. The molecule has 2 aliphatic heterocycles. The van der Waals surface area contributed by atoms with E-state index in [2.05, 4.69) is 35.2 Å². The van der Waals surface area contributed by atoms with E-state index in [9.17, 15) is 9.59 Å². The Labute approximate surface area is 197 Å². The second-order valence-corrected chi connectivity index (χ2v) is 7.29. The molecular weight excluding hydrogens is 456 g/mol. The van der Waals surface area contributed by atoms with Gasteiger partial charge in [0.25, 0.3) is 5.91 Å². The maximum atomic E-state index is 12.8. The van der Waals surface area contributed by atoms with Crippen molar-refractivity contribution in [2.24, 2.45) is 9.98 Å². The molecule has 3 aromatic rings. The van der Waals surface area contributed by atoms with Crippen LogP contribution in [0.3, 0.4) is 0 Å². The average molecular weight is 474 g/mol. The number of nitrogens with zero attached hydrogens (tertiary/aromatic N) is 7. The number of nitrogens with two attached hydrogens (primary N) is 2. The molecule has 1 aromatic carbocycles. The predicted molar refractivity (Wildman–Crippen MR) is 124 cm³/mol. The zero-order valence-corrected chi connectivity index (χ0v) is 18.3. The number of rotatable bonds is 4. The number of aromatic nitrogens is 4. The molecule has 1 amide bonds. The van der Waals surface area contributed by atoms with Gasteiger partial charge in [0.05, 0.1) is 24.8 Å². The Hall–Kier alpha value is -5.14. The Kier molecular flexibility index (Phi) is 5.37. The summed E-state index contributed by atoms with van der Waals surface area (Å²) in [6.07, 6.45) is 5.14. The number of carbonyl (C=O) groups is 2. The predicted octanol–water partition coefficient (Wildman–Crippen LogP) is 0.152. The molecule has 5 rings (SSSR count). The largest absolute Gasteiger partial charge is 0.491 e. The molecule has 0 fully saturated rings. The third kappa shape index (κ3) is 4.03. The van der Waals surface area contributed by atoms with Gasteiger partial charge in [-0.25, -0.2) is 29.7 Å². The van der Waals surface area contributed by atoms with Gasteiger partial charge in [0.1, 0.15) is 11.5 Å². The Morgan fingerprint density at radius 3 is 2.31 bits per heavy atom. The number of methoxy groups -OCH3 is 1. The summed E-state index contributed by atoms with van der Waals surface area (Å²) in [7, 11) is 1.42. The topological polar surface area (TPSA) is 196 Å². The quantitative estimate of drug-likeness (QED) is 0.344. The van der Waals surface area contributed by atoms with E-state index in [0.717, 1.165) is 0 Å². The number of amides is 1. The number of amidine groups is 1. The Morgan fingerprint density at radius 1 is 1.00 bits per heavy atom. The van der Waals surface area contributed by atoms with Crippen LogP contribution in [0.25, 0.3) is 0 Å². The van der Waals surface area contributed by atoms with Gasteiger partial charge >= 0.3 is 5.97 Å². The molecule has 4 heterocycles.